The van der Waals surface area contributed by atoms with Gasteiger partial charge >= 0.3 is 0 Å². The Balaban J connectivity index is 1.69. The standard InChI is InChI=1S/C17H18ClN3O3/c1-24-13-6-4-12(5-7-13)20-16(22)15-3-2-8-21(15)17(23)14-9-11(18)10-19-14/h4-7,9-10,15,19H,2-3,8H2,1H3,(H,20,22). The first-order valence-corrected chi connectivity index (χ1v) is 8.06. The largest absolute Gasteiger partial charge is 0.497 e. The van der Waals surface area contributed by atoms with E-state index in [0.717, 1.165) is 6.42 Å². The van der Waals surface area contributed by atoms with Crippen LogP contribution < -0.4 is 10.1 Å². The summed E-state index contributed by atoms with van der Waals surface area (Å²) in [6.45, 7) is 0.552. The van der Waals surface area contributed by atoms with Crippen LogP contribution in [0.2, 0.25) is 5.02 Å². The summed E-state index contributed by atoms with van der Waals surface area (Å²) in [7, 11) is 1.59. The number of anilines is 1. The van der Waals surface area contributed by atoms with Crippen LogP contribution in [-0.2, 0) is 4.79 Å². The van der Waals surface area contributed by atoms with E-state index in [1.165, 1.54) is 0 Å². The third kappa shape index (κ3) is 3.38. The number of hydrogen-bond acceptors (Lipinski definition) is 3. The number of benzene rings is 1. The number of carbonyl (C=O) groups is 2. The Hall–Kier alpha value is -2.47. The maximum atomic E-state index is 12.6. The van der Waals surface area contributed by atoms with Crippen molar-refractivity contribution in [2.24, 2.45) is 0 Å². The lowest BCUT2D eigenvalue weighted by Crippen LogP contribution is -2.43. The summed E-state index contributed by atoms with van der Waals surface area (Å²) in [5.41, 5.74) is 1.06. The fourth-order valence-electron chi connectivity index (χ4n) is 2.83. The fourth-order valence-corrected chi connectivity index (χ4v) is 2.99. The predicted molar refractivity (Wildman–Crippen MR) is 91.5 cm³/mol. The molecule has 1 aliphatic rings. The highest BCUT2D eigenvalue weighted by Gasteiger charge is 2.35. The number of ether oxygens (including phenoxy) is 1. The first kappa shape index (κ1) is 16.4. The van der Waals surface area contributed by atoms with Crippen LogP contribution in [0.5, 0.6) is 5.75 Å². The number of rotatable bonds is 4. The molecule has 2 N–H and O–H groups in total. The summed E-state index contributed by atoms with van der Waals surface area (Å²) in [6.07, 6.45) is 2.99. The minimum absolute atomic E-state index is 0.191. The number of aromatic amines is 1. The smallest absolute Gasteiger partial charge is 0.270 e. The second-order valence-corrected chi connectivity index (χ2v) is 6.04. The molecular formula is C17H18ClN3O3. The van der Waals surface area contributed by atoms with Gasteiger partial charge in [0, 0.05) is 18.4 Å². The van der Waals surface area contributed by atoms with Crippen molar-refractivity contribution >= 4 is 29.1 Å². The number of hydrogen-bond donors (Lipinski definition) is 2. The molecule has 0 spiro atoms. The van der Waals surface area contributed by atoms with E-state index in [1.807, 2.05) is 0 Å². The number of halogens is 1. The Morgan fingerprint density at radius 1 is 1.33 bits per heavy atom. The number of aromatic nitrogens is 1. The lowest BCUT2D eigenvalue weighted by molar-refractivity contribution is -0.119. The van der Waals surface area contributed by atoms with Crippen LogP contribution in [0, 0.1) is 0 Å². The van der Waals surface area contributed by atoms with Crippen molar-refractivity contribution < 1.29 is 14.3 Å². The number of nitrogens with one attached hydrogen (secondary N) is 2. The van der Waals surface area contributed by atoms with Gasteiger partial charge in [0.25, 0.3) is 5.91 Å². The summed E-state index contributed by atoms with van der Waals surface area (Å²) in [6, 6.07) is 8.16. The number of methoxy groups -OCH3 is 1. The van der Waals surface area contributed by atoms with Gasteiger partial charge in [-0.05, 0) is 43.2 Å². The number of nitrogens with zero attached hydrogens (tertiary/aromatic N) is 1. The maximum Gasteiger partial charge on any atom is 0.270 e. The van der Waals surface area contributed by atoms with Crippen LogP contribution in [0.3, 0.4) is 0 Å². The van der Waals surface area contributed by atoms with E-state index in [9.17, 15) is 9.59 Å². The molecule has 126 valence electrons. The molecule has 2 aromatic rings. The fraction of sp³-hybridized carbons (Fsp3) is 0.294. The van der Waals surface area contributed by atoms with Gasteiger partial charge in [0.1, 0.15) is 17.5 Å². The van der Waals surface area contributed by atoms with Crippen LogP contribution >= 0.6 is 11.6 Å². The molecule has 1 aromatic heterocycles. The maximum absolute atomic E-state index is 12.6. The predicted octanol–water partition coefficient (Wildman–Crippen LogP) is 2.92. The molecule has 7 heteroatoms. The summed E-state index contributed by atoms with van der Waals surface area (Å²) in [4.78, 5) is 29.5. The Bertz CT molecular complexity index is 742. The first-order valence-electron chi connectivity index (χ1n) is 7.68. The van der Waals surface area contributed by atoms with Gasteiger partial charge in [0.15, 0.2) is 0 Å². The number of carbonyl (C=O) groups excluding carboxylic acids is 2. The molecule has 0 bridgehead atoms. The highest BCUT2D eigenvalue weighted by atomic mass is 35.5. The molecule has 1 saturated heterocycles. The number of likely N-dealkylation sites (tertiary alicyclic amines) is 1. The van der Waals surface area contributed by atoms with Crippen molar-refractivity contribution in [3.05, 3.63) is 47.2 Å². The molecule has 3 rings (SSSR count). The van der Waals surface area contributed by atoms with Crippen molar-refractivity contribution in [3.63, 3.8) is 0 Å². The van der Waals surface area contributed by atoms with Gasteiger partial charge in [-0.15, -0.1) is 0 Å². The van der Waals surface area contributed by atoms with Gasteiger partial charge in [0.05, 0.1) is 12.1 Å². The second kappa shape index (κ2) is 6.97. The van der Waals surface area contributed by atoms with E-state index in [2.05, 4.69) is 10.3 Å². The Morgan fingerprint density at radius 2 is 2.08 bits per heavy atom. The molecule has 1 atom stereocenters. The summed E-state index contributed by atoms with van der Waals surface area (Å²) >= 11 is 5.85. The second-order valence-electron chi connectivity index (χ2n) is 5.61. The van der Waals surface area contributed by atoms with E-state index in [-0.39, 0.29) is 11.8 Å². The van der Waals surface area contributed by atoms with E-state index in [0.29, 0.717) is 35.1 Å². The zero-order valence-electron chi connectivity index (χ0n) is 13.2. The van der Waals surface area contributed by atoms with Crippen LogP contribution in [0.1, 0.15) is 23.3 Å². The van der Waals surface area contributed by atoms with Crippen molar-refractivity contribution in [1.82, 2.24) is 9.88 Å². The minimum Gasteiger partial charge on any atom is -0.497 e. The van der Waals surface area contributed by atoms with Crippen molar-refractivity contribution in [2.75, 3.05) is 19.0 Å². The molecule has 2 amide bonds. The molecule has 1 aromatic carbocycles. The van der Waals surface area contributed by atoms with E-state index in [1.54, 1.807) is 48.5 Å². The van der Waals surface area contributed by atoms with Crippen molar-refractivity contribution in [2.45, 2.75) is 18.9 Å². The highest BCUT2D eigenvalue weighted by molar-refractivity contribution is 6.31. The summed E-state index contributed by atoms with van der Waals surface area (Å²) in [5, 5.41) is 3.32. The van der Waals surface area contributed by atoms with E-state index < -0.39 is 6.04 Å². The molecule has 2 heterocycles. The van der Waals surface area contributed by atoms with E-state index >= 15 is 0 Å². The first-order chi connectivity index (χ1) is 11.6. The molecule has 1 aliphatic heterocycles. The Labute approximate surface area is 144 Å². The molecule has 1 fully saturated rings. The third-order valence-corrected chi connectivity index (χ3v) is 4.27. The van der Waals surface area contributed by atoms with Gasteiger partial charge in [0.2, 0.25) is 5.91 Å². The summed E-state index contributed by atoms with van der Waals surface area (Å²) < 4.78 is 5.09. The van der Waals surface area contributed by atoms with Gasteiger partial charge in [-0.2, -0.15) is 0 Å². The quantitative estimate of drug-likeness (QED) is 0.893. The average Bonchev–Trinajstić information content (AvgIpc) is 3.24. The molecular weight excluding hydrogens is 330 g/mol. The monoisotopic (exact) mass is 347 g/mol. The van der Waals surface area contributed by atoms with Gasteiger partial charge in [-0.25, -0.2) is 0 Å². The minimum atomic E-state index is -0.485. The zero-order valence-corrected chi connectivity index (χ0v) is 14.0. The van der Waals surface area contributed by atoms with Crippen molar-refractivity contribution in [3.8, 4) is 5.75 Å². The molecule has 0 saturated carbocycles. The lowest BCUT2D eigenvalue weighted by Gasteiger charge is -2.23. The van der Waals surface area contributed by atoms with Crippen LogP contribution in [0.25, 0.3) is 0 Å². The van der Waals surface area contributed by atoms with Crippen LogP contribution in [0.15, 0.2) is 36.5 Å². The lowest BCUT2D eigenvalue weighted by atomic mass is 10.2. The molecule has 6 nitrogen and oxygen atoms in total. The molecule has 0 aliphatic carbocycles. The van der Waals surface area contributed by atoms with Crippen molar-refractivity contribution in [1.29, 1.82) is 0 Å². The van der Waals surface area contributed by atoms with Crippen LogP contribution in [-0.4, -0.2) is 41.4 Å². The highest BCUT2D eigenvalue weighted by Crippen LogP contribution is 2.23. The number of H-pyrrole nitrogens is 1. The zero-order chi connectivity index (χ0) is 17.1. The summed E-state index contributed by atoms with van der Waals surface area (Å²) in [5.74, 6) is 0.312. The number of amides is 2. The molecule has 0 radical (unpaired) electrons. The molecule has 1 unspecified atom stereocenters. The van der Waals surface area contributed by atoms with Crippen LogP contribution in [0.4, 0.5) is 5.69 Å². The average molecular weight is 348 g/mol. The molecule has 24 heavy (non-hydrogen) atoms. The Morgan fingerprint density at radius 3 is 2.71 bits per heavy atom. The third-order valence-electron chi connectivity index (χ3n) is 4.05. The van der Waals surface area contributed by atoms with E-state index in [4.69, 9.17) is 16.3 Å². The SMILES string of the molecule is COc1ccc(NC(=O)C2CCCN2C(=O)c2cc(Cl)c[nH]2)cc1. The topological polar surface area (TPSA) is 74.4 Å². The van der Waals surface area contributed by atoms with Gasteiger partial charge in [-0.3, -0.25) is 9.59 Å². The van der Waals surface area contributed by atoms with Gasteiger partial charge in [-0.1, -0.05) is 11.6 Å². The van der Waals surface area contributed by atoms with Gasteiger partial charge < -0.3 is 19.9 Å². The normalized spacial score (nSPS) is 16.9. The Kier molecular flexibility index (Phi) is 4.76.